The third-order valence-corrected chi connectivity index (χ3v) is 4.88. The molecule has 2 aromatic carbocycles. The maximum Gasteiger partial charge on any atom is 0.213 e. The van der Waals surface area contributed by atoms with Crippen LogP contribution in [0, 0.1) is 5.82 Å². The Morgan fingerprint density at radius 2 is 1.77 bits per heavy atom. The predicted molar refractivity (Wildman–Crippen MR) is 118 cm³/mol. The van der Waals surface area contributed by atoms with Gasteiger partial charge >= 0.3 is 0 Å². The van der Waals surface area contributed by atoms with Crippen LogP contribution in [0.1, 0.15) is 27.2 Å². The van der Waals surface area contributed by atoms with Gasteiger partial charge in [0.05, 0.1) is 6.61 Å². The van der Waals surface area contributed by atoms with Crippen molar-refractivity contribution in [2.75, 3.05) is 19.4 Å². The number of hydrogen-bond acceptors (Lipinski definition) is 5. The van der Waals surface area contributed by atoms with Crippen LogP contribution in [-0.2, 0) is 4.84 Å². The first-order chi connectivity index (χ1) is 15.1. The highest BCUT2D eigenvalue weighted by Crippen LogP contribution is 2.26. The topological polar surface area (TPSA) is 81.7 Å². The van der Waals surface area contributed by atoms with Crippen LogP contribution in [0.4, 0.5) is 10.2 Å². The fourth-order valence-corrected chi connectivity index (χ4v) is 3.41. The molecule has 7 heteroatoms. The Bertz CT molecular complexity index is 1250. The summed E-state index contributed by atoms with van der Waals surface area (Å²) in [6.45, 7) is 0.353. The van der Waals surface area contributed by atoms with Gasteiger partial charge in [-0.3, -0.25) is 14.0 Å². The number of hydrogen-bond donors (Lipinski definition) is 2. The minimum Gasteiger partial charge on any atom is -0.382 e. The molecular weight excluding hydrogens is 395 g/mol. The zero-order valence-electron chi connectivity index (χ0n) is 16.9. The maximum atomic E-state index is 13.3. The van der Waals surface area contributed by atoms with Gasteiger partial charge in [0.1, 0.15) is 17.2 Å². The quantitative estimate of drug-likeness (QED) is 0.272. The number of imidazole rings is 1. The van der Waals surface area contributed by atoms with Crippen molar-refractivity contribution in [3.8, 4) is 0 Å². The number of nitrogens with two attached hydrogens (primary N) is 1. The second kappa shape index (κ2) is 8.91. The molecule has 0 aliphatic heterocycles. The standard InChI is InChI=1S/C24H21FN4O2/c1-27-31-14-13-20(16-5-3-2-4-6-16)18-9-12-21-28-24(26)22(29(21)15-18)23(30)17-7-10-19(25)11-8-17/h2-13,15,27H,14,26H2,1H3. The number of nitrogens with one attached hydrogen (secondary N) is 1. The highest BCUT2D eigenvalue weighted by atomic mass is 19.1. The van der Waals surface area contributed by atoms with E-state index in [1.54, 1.807) is 11.4 Å². The monoisotopic (exact) mass is 416 g/mol. The van der Waals surface area contributed by atoms with Crippen molar-refractivity contribution in [2.24, 2.45) is 0 Å². The number of nitrogens with zero attached hydrogens (tertiary/aromatic N) is 2. The number of ketones is 1. The Kier molecular flexibility index (Phi) is 5.88. The molecule has 2 aromatic heterocycles. The summed E-state index contributed by atoms with van der Waals surface area (Å²) in [5.74, 6) is -0.618. The van der Waals surface area contributed by atoms with Crippen molar-refractivity contribution < 1.29 is 14.0 Å². The van der Waals surface area contributed by atoms with Crippen LogP contribution in [0.2, 0.25) is 0 Å². The summed E-state index contributed by atoms with van der Waals surface area (Å²) in [5, 5.41) is 0. The molecular formula is C24H21FN4O2. The van der Waals surface area contributed by atoms with Gasteiger partial charge in [-0.05, 0) is 59.2 Å². The summed E-state index contributed by atoms with van der Waals surface area (Å²) in [6, 6.07) is 19.0. The highest BCUT2D eigenvalue weighted by Gasteiger charge is 2.20. The van der Waals surface area contributed by atoms with E-state index < -0.39 is 5.82 Å². The fraction of sp³-hybridized carbons (Fsp3) is 0.0833. The van der Waals surface area contributed by atoms with Crippen LogP contribution in [0.25, 0.3) is 11.2 Å². The van der Waals surface area contributed by atoms with Crippen molar-refractivity contribution in [3.05, 3.63) is 107 Å². The maximum absolute atomic E-state index is 13.3. The number of anilines is 1. The van der Waals surface area contributed by atoms with Crippen molar-refractivity contribution in [2.45, 2.75) is 0 Å². The molecule has 4 aromatic rings. The van der Waals surface area contributed by atoms with Gasteiger partial charge in [-0.15, -0.1) is 0 Å². The smallest absolute Gasteiger partial charge is 0.213 e. The molecule has 156 valence electrons. The zero-order valence-corrected chi connectivity index (χ0v) is 16.9. The van der Waals surface area contributed by atoms with Gasteiger partial charge < -0.3 is 5.73 Å². The Morgan fingerprint density at radius 1 is 1.06 bits per heavy atom. The molecule has 0 bridgehead atoms. The molecule has 0 radical (unpaired) electrons. The lowest BCUT2D eigenvalue weighted by Gasteiger charge is -2.11. The fourth-order valence-electron chi connectivity index (χ4n) is 3.41. The Hall–Kier alpha value is -3.81. The SMILES string of the molecule is CNOCC=C(c1ccccc1)c1ccc2nc(N)c(C(=O)c3ccc(F)cc3)n2c1. The number of carbonyl (C=O) groups excluding carboxylic acids is 1. The largest absolute Gasteiger partial charge is 0.382 e. The lowest BCUT2D eigenvalue weighted by Crippen LogP contribution is -2.09. The number of pyridine rings is 1. The molecule has 31 heavy (non-hydrogen) atoms. The van der Waals surface area contributed by atoms with Gasteiger partial charge in [-0.2, -0.15) is 0 Å². The van der Waals surface area contributed by atoms with Crippen LogP contribution < -0.4 is 11.2 Å². The molecule has 0 saturated carbocycles. The normalized spacial score (nSPS) is 11.7. The lowest BCUT2D eigenvalue weighted by molar-refractivity contribution is 0.0813. The van der Waals surface area contributed by atoms with Crippen molar-refractivity contribution >= 4 is 22.8 Å². The summed E-state index contributed by atoms with van der Waals surface area (Å²) < 4.78 is 15.0. The number of benzene rings is 2. The minimum atomic E-state index is -0.411. The Balaban J connectivity index is 1.82. The summed E-state index contributed by atoms with van der Waals surface area (Å²) in [6.07, 6.45) is 3.78. The predicted octanol–water partition coefficient (Wildman–Crippen LogP) is 3.87. The first kappa shape index (κ1) is 20.5. The van der Waals surface area contributed by atoms with E-state index in [9.17, 15) is 9.18 Å². The third-order valence-electron chi connectivity index (χ3n) is 4.88. The van der Waals surface area contributed by atoms with E-state index in [1.165, 1.54) is 24.3 Å². The van der Waals surface area contributed by atoms with Crippen LogP contribution in [0.3, 0.4) is 0 Å². The molecule has 6 nitrogen and oxygen atoms in total. The van der Waals surface area contributed by atoms with Gasteiger partial charge in [0.15, 0.2) is 5.82 Å². The number of aromatic nitrogens is 2. The number of nitrogen functional groups attached to an aromatic ring is 1. The van der Waals surface area contributed by atoms with E-state index in [1.807, 2.05) is 54.7 Å². The van der Waals surface area contributed by atoms with Gasteiger partial charge in [0.2, 0.25) is 5.78 Å². The molecule has 0 unspecified atom stereocenters. The molecule has 0 atom stereocenters. The van der Waals surface area contributed by atoms with Crippen molar-refractivity contribution in [1.29, 1.82) is 0 Å². The lowest BCUT2D eigenvalue weighted by atomic mass is 9.99. The number of halogens is 1. The molecule has 4 rings (SSSR count). The molecule has 0 saturated heterocycles. The molecule has 0 aliphatic rings. The molecule has 0 spiro atoms. The van der Waals surface area contributed by atoms with Gasteiger partial charge in [-0.25, -0.2) is 14.9 Å². The van der Waals surface area contributed by atoms with E-state index in [-0.39, 0.29) is 17.3 Å². The molecule has 2 heterocycles. The summed E-state index contributed by atoms with van der Waals surface area (Å²) >= 11 is 0. The first-order valence-corrected chi connectivity index (χ1v) is 9.71. The molecule has 0 amide bonds. The second-order valence-electron chi connectivity index (χ2n) is 6.83. The van der Waals surface area contributed by atoms with Gasteiger partial charge in [0.25, 0.3) is 0 Å². The Labute approximate surface area is 178 Å². The van der Waals surface area contributed by atoms with Crippen molar-refractivity contribution in [3.63, 3.8) is 0 Å². The number of rotatable bonds is 7. The summed E-state index contributed by atoms with van der Waals surface area (Å²) in [5.41, 5.74) is 12.7. The second-order valence-corrected chi connectivity index (χ2v) is 6.83. The Morgan fingerprint density at radius 3 is 2.48 bits per heavy atom. The summed E-state index contributed by atoms with van der Waals surface area (Å²) in [4.78, 5) is 22.7. The van der Waals surface area contributed by atoms with Crippen LogP contribution in [0.15, 0.2) is 79.0 Å². The average Bonchev–Trinajstić information content (AvgIpc) is 3.12. The summed E-state index contributed by atoms with van der Waals surface area (Å²) in [7, 11) is 1.70. The number of fused-ring (bicyclic) bond motifs is 1. The average molecular weight is 416 g/mol. The van der Waals surface area contributed by atoms with E-state index in [0.717, 1.165) is 16.7 Å². The van der Waals surface area contributed by atoms with E-state index in [0.29, 0.717) is 17.8 Å². The number of carbonyl (C=O) groups is 1. The minimum absolute atomic E-state index is 0.121. The molecule has 0 aliphatic carbocycles. The van der Waals surface area contributed by atoms with E-state index >= 15 is 0 Å². The van der Waals surface area contributed by atoms with Gasteiger partial charge in [-0.1, -0.05) is 30.3 Å². The zero-order chi connectivity index (χ0) is 21.8. The van der Waals surface area contributed by atoms with Crippen LogP contribution in [0.5, 0.6) is 0 Å². The van der Waals surface area contributed by atoms with E-state index in [2.05, 4.69) is 10.5 Å². The molecule has 0 fully saturated rings. The van der Waals surface area contributed by atoms with Gasteiger partial charge in [0, 0.05) is 18.8 Å². The third kappa shape index (κ3) is 4.23. The number of hydroxylamine groups is 1. The molecule has 3 N–H and O–H groups in total. The van der Waals surface area contributed by atoms with Crippen molar-refractivity contribution in [1.82, 2.24) is 14.9 Å². The van der Waals surface area contributed by atoms with Crippen LogP contribution >= 0.6 is 0 Å². The van der Waals surface area contributed by atoms with E-state index in [4.69, 9.17) is 10.6 Å². The van der Waals surface area contributed by atoms with Crippen LogP contribution in [-0.4, -0.2) is 28.8 Å². The first-order valence-electron chi connectivity index (χ1n) is 9.71. The highest BCUT2D eigenvalue weighted by molar-refractivity contribution is 6.11.